The maximum Gasteiger partial charge on any atom is 0.292 e. The van der Waals surface area contributed by atoms with Crippen LogP contribution in [0.1, 0.15) is 23.7 Å². The number of aryl methyl sites for hydroxylation is 3. The lowest BCUT2D eigenvalue weighted by atomic mass is 10.1. The van der Waals surface area contributed by atoms with Crippen LogP contribution in [0.5, 0.6) is 5.88 Å². The van der Waals surface area contributed by atoms with Gasteiger partial charge in [-0.15, -0.1) is 0 Å². The fourth-order valence-electron chi connectivity index (χ4n) is 2.53. The normalized spacial score (nSPS) is 10.5. The number of methoxy groups -OCH3 is 1. The lowest BCUT2D eigenvalue weighted by molar-refractivity contribution is -0.384. The number of nitro benzene ring substituents is 1. The van der Waals surface area contributed by atoms with Gasteiger partial charge < -0.3 is 10.1 Å². The number of ether oxygens (including phenoxy) is 1. The second kappa shape index (κ2) is 6.46. The molecule has 2 aromatic rings. The van der Waals surface area contributed by atoms with Crippen molar-refractivity contribution in [3.8, 4) is 5.88 Å². The predicted molar refractivity (Wildman–Crippen MR) is 84.3 cm³/mol. The largest absolute Gasteiger partial charge is 0.481 e. The van der Waals surface area contributed by atoms with Crippen LogP contribution >= 0.6 is 0 Å². The predicted octanol–water partition coefficient (Wildman–Crippen LogP) is 2.82. The highest BCUT2D eigenvalue weighted by atomic mass is 16.6. The van der Waals surface area contributed by atoms with Crippen molar-refractivity contribution in [3.63, 3.8) is 0 Å². The molecule has 7 heteroatoms. The van der Waals surface area contributed by atoms with Crippen molar-refractivity contribution in [3.05, 3.63) is 45.1 Å². The van der Waals surface area contributed by atoms with Crippen LogP contribution in [-0.4, -0.2) is 21.8 Å². The molecule has 0 aliphatic carbocycles. The molecule has 0 spiro atoms. The zero-order chi connectivity index (χ0) is 16.3. The fourth-order valence-corrected chi connectivity index (χ4v) is 2.53. The van der Waals surface area contributed by atoms with Crippen molar-refractivity contribution in [1.29, 1.82) is 0 Å². The average molecular weight is 304 g/mol. The van der Waals surface area contributed by atoms with Gasteiger partial charge in [0.1, 0.15) is 5.69 Å². The third kappa shape index (κ3) is 2.88. The van der Waals surface area contributed by atoms with E-state index in [1.165, 1.54) is 6.07 Å². The minimum absolute atomic E-state index is 0.0703. The Morgan fingerprint density at radius 2 is 2.18 bits per heavy atom. The van der Waals surface area contributed by atoms with Crippen molar-refractivity contribution in [2.24, 2.45) is 7.05 Å². The van der Waals surface area contributed by atoms with E-state index in [0.29, 0.717) is 18.1 Å². The van der Waals surface area contributed by atoms with E-state index in [4.69, 9.17) is 4.74 Å². The van der Waals surface area contributed by atoms with E-state index in [1.54, 1.807) is 17.9 Å². The maximum atomic E-state index is 11.2. The van der Waals surface area contributed by atoms with Crippen LogP contribution < -0.4 is 10.1 Å². The topological polar surface area (TPSA) is 82.2 Å². The summed E-state index contributed by atoms with van der Waals surface area (Å²) in [7, 11) is 3.41. The highest BCUT2D eigenvalue weighted by Gasteiger charge is 2.19. The zero-order valence-corrected chi connectivity index (χ0v) is 13.2. The number of benzene rings is 1. The van der Waals surface area contributed by atoms with Gasteiger partial charge in [-0.05, 0) is 18.9 Å². The summed E-state index contributed by atoms with van der Waals surface area (Å²) in [5.74, 6) is 0.667. The number of rotatable bonds is 6. The van der Waals surface area contributed by atoms with Gasteiger partial charge in [-0.1, -0.05) is 19.1 Å². The maximum absolute atomic E-state index is 11.2. The van der Waals surface area contributed by atoms with Crippen molar-refractivity contribution in [2.45, 2.75) is 26.8 Å². The number of anilines is 1. The molecule has 1 N–H and O–H groups in total. The first-order valence-electron chi connectivity index (χ1n) is 7.06. The molecule has 0 radical (unpaired) electrons. The molecule has 2 rings (SSSR count). The Hall–Kier alpha value is -2.57. The van der Waals surface area contributed by atoms with Crippen molar-refractivity contribution < 1.29 is 9.66 Å². The number of nitrogens with one attached hydrogen (secondary N) is 1. The van der Waals surface area contributed by atoms with Gasteiger partial charge in [-0.2, -0.15) is 5.10 Å². The Balaban J connectivity index is 2.34. The van der Waals surface area contributed by atoms with Gasteiger partial charge in [0.05, 0.1) is 23.3 Å². The summed E-state index contributed by atoms with van der Waals surface area (Å²) in [5.41, 5.74) is 3.27. The van der Waals surface area contributed by atoms with Crippen LogP contribution in [-0.2, 0) is 20.0 Å². The first kappa shape index (κ1) is 15.8. The quantitative estimate of drug-likeness (QED) is 0.655. The molecule has 1 aromatic heterocycles. The van der Waals surface area contributed by atoms with E-state index in [9.17, 15) is 10.1 Å². The van der Waals surface area contributed by atoms with Crippen LogP contribution in [0.15, 0.2) is 18.2 Å². The van der Waals surface area contributed by atoms with Crippen molar-refractivity contribution >= 4 is 11.4 Å². The molecular weight excluding hydrogens is 284 g/mol. The molecule has 0 atom stereocenters. The van der Waals surface area contributed by atoms with Crippen LogP contribution in [0.25, 0.3) is 0 Å². The van der Waals surface area contributed by atoms with E-state index in [1.807, 2.05) is 27.0 Å². The highest BCUT2D eigenvalue weighted by Crippen LogP contribution is 2.30. The second-order valence-corrected chi connectivity index (χ2v) is 4.99. The van der Waals surface area contributed by atoms with Crippen LogP contribution in [0.3, 0.4) is 0 Å². The Labute approximate surface area is 129 Å². The van der Waals surface area contributed by atoms with Crippen LogP contribution in [0.2, 0.25) is 0 Å². The number of nitro groups is 1. The summed E-state index contributed by atoms with van der Waals surface area (Å²) in [4.78, 5) is 10.8. The SMILES string of the molecule is CCc1nn(C)c(OC)c1CNc1c(C)cccc1[N+](=O)[O-]. The monoisotopic (exact) mass is 304 g/mol. The molecule has 118 valence electrons. The van der Waals surface area contributed by atoms with Gasteiger partial charge in [0.15, 0.2) is 0 Å². The first-order valence-corrected chi connectivity index (χ1v) is 7.06. The van der Waals surface area contributed by atoms with Gasteiger partial charge in [-0.25, -0.2) is 4.68 Å². The minimum atomic E-state index is -0.378. The molecule has 0 bridgehead atoms. The molecule has 22 heavy (non-hydrogen) atoms. The van der Waals surface area contributed by atoms with Gasteiger partial charge in [0.25, 0.3) is 5.69 Å². The fraction of sp³-hybridized carbons (Fsp3) is 0.400. The van der Waals surface area contributed by atoms with Crippen LogP contribution in [0, 0.1) is 17.0 Å². The molecule has 0 amide bonds. The summed E-state index contributed by atoms with van der Waals surface area (Å²) in [6.45, 7) is 4.28. The van der Waals surface area contributed by atoms with Gasteiger partial charge >= 0.3 is 0 Å². The standard InChI is InChI=1S/C15H20N4O3/c1-5-12-11(15(22-4)18(3)17-12)9-16-14-10(2)7-6-8-13(14)19(20)21/h6-8,16H,5,9H2,1-4H3. The Bertz CT molecular complexity index is 694. The molecule has 0 saturated heterocycles. The number of hydrogen-bond donors (Lipinski definition) is 1. The zero-order valence-electron chi connectivity index (χ0n) is 13.2. The number of hydrogen-bond acceptors (Lipinski definition) is 5. The Morgan fingerprint density at radius 1 is 1.45 bits per heavy atom. The van der Waals surface area contributed by atoms with Crippen LogP contribution in [0.4, 0.5) is 11.4 Å². The summed E-state index contributed by atoms with van der Waals surface area (Å²) in [6, 6.07) is 5.02. The van der Waals surface area contributed by atoms with E-state index in [-0.39, 0.29) is 10.6 Å². The summed E-state index contributed by atoms with van der Waals surface area (Å²) in [6.07, 6.45) is 0.768. The van der Waals surface area contributed by atoms with E-state index in [0.717, 1.165) is 23.2 Å². The minimum Gasteiger partial charge on any atom is -0.481 e. The second-order valence-electron chi connectivity index (χ2n) is 4.99. The van der Waals surface area contributed by atoms with Gasteiger partial charge in [-0.3, -0.25) is 10.1 Å². The molecule has 1 aromatic carbocycles. The average Bonchev–Trinajstić information content (AvgIpc) is 2.80. The van der Waals surface area contributed by atoms with Crippen molar-refractivity contribution in [2.75, 3.05) is 12.4 Å². The summed E-state index contributed by atoms with van der Waals surface area (Å²) < 4.78 is 7.06. The third-order valence-corrected chi connectivity index (χ3v) is 3.59. The van der Waals surface area contributed by atoms with Gasteiger partial charge in [0.2, 0.25) is 5.88 Å². The Morgan fingerprint density at radius 3 is 2.77 bits per heavy atom. The number of para-hydroxylation sites is 1. The third-order valence-electron chi connectivity index (χ3n) is 3.59. The molecule has 0 aliphatic rings. The Kier molecular flexibility index (Phi) is 4.65. The molecule has 0 saturated carbocycles. The number of nitrogens with zero attached hydrogens (tertiary/aromatic N) is 3. The van der Waals surface area contributed by atoms with E-state index in [2.05, 4.69) is 10.4 Å². The number of aromatic nitrogens is 2. The summed E-state index contributed by atoms with van der Waals surface area (Å²) >= 11 is 0. The lowest BCUT2D eigenvalue weighted by Crippen LogP contribution is -2.06. The van der Waals surface area contributed by atoms with E-state index < -0.39 is 0 Å². The lowest BCUT2D eigenvalue weighted by Gasteiger charge is -2.11. The molecule has 7 nitrogen and oxygen atoms in total. The highest BCUT2D eigenvalue weighted by molar-refractivity contribution is 5.66. The molecule has 0 aliphatic heterocycles. The molecular formula is C15H20N4O3. The smallest absolute Gasteiger partial charge is 0.292 e. The first-order chi connectivity index (χ1) is 10.5. The molecule has 0 unspecified atom stereocenters. The van der Waals surface area contributed by atoms with E-state index >= 15 is 0 Å². The van der Waals surface area contributed by atoms with Crippen molar-refractivity contribution in [1.82, 2.24) is 9.78 Å². The molecule has 0 fully saturated rings. The van der Waals surface area contributed by atoms with Gasteiger partial charge in [0, 0.05) is 19.7 Å². The molecule has 1 heterocycles. The summed E-state index contributed by atoms with van der Waals surface area (Å²) in [5, 5.41) is 18.7.